The first-order valence-electron chi connectivity index (χ1n) is 6.10. The number of aliphatic hydroxyl groups excluding tert-OH is 1. The monoisotopic (exact) mass is 283 g/mol. The number of aromatic nitrogens is 4. The molecule has 1 unspecified atom stereocenters. The second-order valence-electron chi connectivity index (χ2n) is 4.51. The number of nitrogens with two attached hydrogens (primary N) is 1. The first-order chi connectivity index (χ1) is 9.62. The van der Waals surface area contributed by atoms with Crippen molar-refractivity contribution >= 4 is 17.1 Å². The minimum atomic E-state index is -1.23. The van der Waals surface area contributed by atoms with Crippen molar-refractivity contribution in [1.82, 2.24) is 19.9 Å². The number of hydrogen-bond donors (Lipinski definition) is 3. The van der Waals surface area contributed by atoms with Gasteiger partial charge < -0.3 is 25.3 Å². The zero-order valence-electron chi connectivity index (χ0n) is 10.7. The number of nitrogen functional groups attached to an aromatic ring is 1. The molecule has 3 rings (SSSR count). The van der Waals surface area contributed by atoms with Crippen molar-refractivity contribution in [2.45, 2.75) is 24.8 Å². The molecule has 0 spiro atoms. The molecule has 0 aromatic carbocycles. The van der Waals surface area contributed by atoms with Gasteiger partial charge in [-0.1, -0.05) is 0 Å². The number of methoxy groups -OCH3 is 1. The zero-order chi connectivity index (χ0) is 14.3. The van der Waals surface area contributed by atoms with Gasteiger partial charge in [-0.15, -0.1) is 0 Å². The molecule has 0 saturated carbocycles. The molecular weight excluding hydrogens is 269 g/mol. The zero-order valence-corrected chi connectivity index (χ0v) is 10.7. The van der Waals surface area contributed by atoms with Crippen molar-refractivity contribution in [2.75, 3.05) is 19.5 Å². The molecule has 108 valence electrons. The highest BCUT2D eigenvalue weighted by molar-refractivity contribution is 5.77. The fraction of sp³-hybridized carbons (Fsp3) is 0.545. The minimum Gasteiger partial charge on any atom is -0.479 e. The number of imidazole rings is 1. The highest BCUT2D eigenvalue weighted by atomic mass is 19.1. The highest BCUT2D eigenvalue weighted by Crippen LogP contribution is 2.34. The van der Waals surface area contributed by atoms with Crippen molar-refractivity contribution < 1.29 is 19.0 Å². The van der Waals surface area contributed by atoms with Crippen LogP contribution in [-0.4, -0.2) is 51.0 Å². The first kappa shape index (κ1) is 13.0. The first-order valence-corrected chi connectivity index (χ1v) is 6.10. The van der Waals surface area contributed by atoms with E-state index in [1.54, 1.807) is 0 Å². The summed E-state index contributed by atoms with van der Waals surface area (Å²) in [5, 5.41) is 9.00. The van der Waals surface area contributed by atoms with Gasteiger partial charge in [0.15, 0.2) is 11.2 Å². The van der Waals surface area contributed by atoms with Crippen LogP contribution in [0.15, 0.2) is 0 Å². The fourth-order valence-electron chi connectivity index (χ4n) is 2.24. The number of ether oxygens (including phenoxy) is 2. The summed E-state index contributed by atoms with van der Waals surface area (Å²) in [6.07, 6.45) is -2.50. The molecule has 0 aliphatic carbocycles. The molecule has 3 heterocycles. The lowest BCUT2D eigenvalue weighted by molar-refractivity contribution is -0.00874. The molecule has 3 atom stereocenters. The molecule has 0 amide bonds. The maximum absolute atomic E-state index is 13.6. The summed E-state index contributed by atoms with van der Waals surface area (Å²) >= 11 is 0. The molecule has 0 bridgehead atoms. The standard InChI is InChI=1S/C11H14FN5O3/c1-19-10-7-9(16-11(13)17-10)15-8(14-7)5-2-4(12)6(3-18)20-5/h4-6,18H,2-3H2,1H3,(H3,13,14,15,16,17)/t4-,5?,6+/m0/s1. The maximum atomic E-state index is 13.6. The average Bonchev–Trinajstić information content (AvgIpc) is 3.00. The Morgan fingerprint density at radius 1 is 1.50 bits per heavy atom. The highest BCUT2D eigenvalue weighted by Gasteiger charge is 2.37. The van der Waals surface area contributed by atoms with Gasteiger partial charge in [0.1, 0.15) is 24.2 Å². The van der Waals surface area contributed by atoms with Gasteiger partial charge in [0, 0.05) is 6.42 Å². The van der Waals surface area contributed by atoms with E-state index in [1.807, 2.05) is 0 Å². The Morgan fingerprint density at radius 2 is 2.30 bits per heavy atom. The van der Waals surface area contributed by atoms with E-state index in [2.05, 4.69) is 19.9 Å². The van der Waals surface area contributed by atoms with Crippen LogP contribution in [0.3, 0.4) is 0 Å². The number of nitrogens with zero attached hydrogens (tertiary/aromatic N) is 3. The van der Waals surface area contributed by atoms with E-state index in [0.29, 0.717) is 17.0 Å². The summed E-state index contributed by atoms with van der Waals surface area (Å²) in [5.74, 6) is 0.703. The predicted octanol–water partition coefficient (Wildman–Crippen LogP) is 0.104. The van der Waals surface area contributed by atoms with Crippen molar-refractivity contribution in [3.63, 3.8) is 0 Å². The maximum Gasteiger partial charge on any atom is 0.246 e. The van der Waals surface area contributed by atoms with Crippen LogP contribution in [-0.2, 0) is 4.74 Å². The molecule has 0 radical (unpaired) electrons. The largest absolute Gasteiger partial charge is 0.479 e. The van der Waals surface area contributed by atoms with Crippen LogP contribution in [0.5, 0.6) is 5.88 Å². The Morgan fingerprint density at radius 3 is 2.95 bits per heavy atom. The van der Waals surface area contributed by atoms with E-state index in [0.717, 1.165) is 0 Å². The number of H-pyrrole nitrogens is 1. The van der Waals surface area contributed by atoms with E-state index < -0.39 is 18.4 Å². The average molecular weight is 283 g/mol. The summed E-state index contributed by atoms with van der Waals surface area (Å²) < 4.78 is 24.1. The van der Waals surface area contributed by atoms with Gasteiger partial charge in [0.05, 0.1) is 13.7 Å². The summed E-state index contributed by atoms with van der Waals surface area (Å²) in [6.45, 7) is -0.367. The molecule has 9 heteroatoms. The molecular formula is C11H14FN5O3. The number of alkyl halides is 1. The molecule has 4 N–H and O–H groups in total. The van der Waals surface area contributed by atoms with E-state index >= 15 is 0 Å². The second kappa shape index (κ2) is 4.84. The van der Waals surface area contributed by atoms with Crippen LogP contribution in [0.4, 0.5) is 10.3 Å². The number of fused-ring (bicyclic) bond motifs is 1. The summed E-state index contributed by atoms with van der Waals surface area (Å²) in [4.78, 5) is 15.1. The minimum absolute atomic E-state index is 0.0495. The quantitative estimate of drug-likeness (QED) is 0.731. The molecule has 8 nitrogen and oxygen atoms in total. The Hall–Kier alpha value is -2.00. The lowest BCUT2D eigenvalue weighted by atomic mass is 10.1. The van der Waals surface area contributed by atoms with E-state index in [-0.39, 0.29) is 24.9 Å². The van der Waals surface area contributed by atoms with Crippen LogP contribution in [0.2, 0.25) is 0 Å². The van der Waals surface area contributed by atoms with Crippen LogP contribution in [0.25, 0.3) is 11.2 Å². The van der Waals surface area contributed by atoms with Crippen LogP contribution < -0.4 is 10.5 Å². The van der Waals surface area contributed by atoms with Crippen molar-refractivity contribution in [3.8, 4) is 5.88 Å². The van der Waals surface area contributed by atoms with Gasteiger partial charge in [0.2, 0.25) is 11.8 Å². The van der Waals surface area contributed by atoms with E-state index in [9.17, 15) is 4.39 Å². The van der Waals surface area contributed by atoms with Crippen LogP contribution in [0.1, 0.15) is 18.3 Å². The van der Waals surface area contributed by atoms with Gasteiger partial charge in [0.25, 0.3) is 0 Å². The third kappa shape index (κ3) is 2.04. The van der Waals surface area contributed by atoms with Crippen molar-refractivity contribution in [3.05, 3.63) is 5.82 Å². The van der Waals surface area contributed by atoms with Gasteiger partial charge in [-0.2, -0.15) is 9.97 Å². The number of nitrogens with one attached hydrogen (secondary N) is 1. The van der Waals surface area contributed by atoms with E-state index in [4.69, 9.17) is 20.3 Å². The molecule has 1 saturated heterocycles. The predicted molar refractivity (Wildman–Crippen MR) is 66.9 cm³/mol. The lowest BCUT2D eigenvalue weighted by Crippen LogP contribution is -2.20. The summed E-state index contributed by atoms with van der Waals surface area (Å²) in [7, 11) is 1.45. The van der Waals surface area contributed by atoms with Crippen molar-refractivity contribution in [2.24, 2.45) is 0 Å². The second-order valence-corrected chi connectivity index (χ2v) is 4.51. The summed E-state index contributed by atoms with van der Waals surface area (Å²) in [6, 6.07) is 0. The molecule has 2 aromatic rings. The molecule has 1 fully saturated rings. The number of hydrogen-bond acceptors (Lipinski definition) is 7. The number of aliphatic hydroxyl groups is 1. The Balaban J connectivity index is 1.98. The number of halogens is 1. The fourth-order valence-corrected chi connectivity index (χ4v) is 2.24. The smallest absolute Gasteiger partial charge is 0.246 e. The number of aromatic amines is 1. The number of anilines is 1. The Bertz CT molecular complexity index is 634. The van der Waals surface area contributed by atoms with Gasteiger partial charge in [-0.25, -0.2) is 9.37 Å². The molecule has 2 aromatic heterocycles. The van der Waals surface area contributed by atoms with Gasteiger partial charge in [-0.3, -0.25) is 0 Å². The topological polar surface area (TPSA) is 119 Å². The third-order valence-corrected chi connectivity index (χ3v) is 3.21. The Labute approximate surface area is 113 Å². The normalized spacial score (nSPS) is 26.2. The SMILES string of the molecule is COc1nc(N)nc2[nH]c(C3C[C@H](F)[C@@H](CO)O3)nc12. The number of rotatable bonds is 3. The molecule has 1 aliphatic heterocycles. The third-order valence-electron chi connectivity index (χ3n) is 3.21. The molecule has 1 aliphatic rings. The Kier molecular flexibility index (Phi) is 3.14. The van der Waals surface area contributed by atoms with Crippen LogP contribution >= 0.6 is 0 Å². The van der Waals surface area contributed by atoms with Gasteiger partial charge in [-0.05, 0) is 0 Å². The van der Waals surface area contributed by atoms with Crippen molar-refractivity contribution in [1.29, 1.82) is 0 Å². The summed E-state index contributed by atoms with van der Waals surface area (Å²) in [5.41, 5.74) is 6.36. The molecule has 20 heavy (non-hydrogen) atoms. The van der Waals surface area contributed by atoms with E-state index in [1.165, 1.54) is 7.11 Å². The van der Waals surface area contributed by atoms with Crippen LogP contribution in [0, 0.1) is 0 Å². The van der Waals surface area contributed by atoms with Gasteiger partial charge >= 0.3 is 0 Å². The lowest BCUT2D eigenvalue weighted by Gasteiger charge is -2.09.